The second-order valence-electron chi connectivity index (χ2n) is 2.33. The lowest BCUT2D eigenvalue weighted by molar-refractivity contribution is 0.213. The maximum absolute atomic E-state index is 8.59. The third kappa shape index (κ3) is 2.31. The van der Waals surface area contributed by atoms with E-state index in [0.29, 0.717) is 6.54 Å². The summed E-state index contributed by atoms with van der Waals surface area (Å²) < 4.78 is 0. The number of hydrogen-bond donors (Lipinski definition) is 1. The molecule has 62 valence electrons. The standard InChI is InChI=1S/C7H13N3O/c1-2-8-7-3-4-10(9-7)5-6-11/h2,11H,3-6H2,1H3. The number of aliphatic hydroxyl groups is 1. The number of hydrazone groups is 1. The highest BCUT2D eigenvalue weighted by atomic mass is 16.3. The molecule has 4 heteroatoms. The first-order valence-electron chi connectivity index (χ1n) is 3.78. The number of aliphatic imine (C=N–C) groups is 1. The summed E-state index contributed by atoms with van der Waals surface area (Å²) in [7, 11) is 0. The maximum Gasteiger partial charge on any atom is 0.149 e. The summed E-state index contributed by atoms with van der Waals surface area (Å²) >= 11 is 0. The molecular formula is C7H13N3O. The van der Waals surface area contributed by atoms with Gasteiger partial charge in [-0.25, -0.2) is 4.99 Å². The van der Waals surface area contributed by atoms with E-state index in [-0.39, 0.29) is 6.61 Å². The molecule has 0 aromatic carbocycles. The third-order valence-electron chi connectivity index (χ3n) is 1.49. The van der Waals surface area contributed by atoms with Gasteiger partial charge in [0, 0.05) is 19.2 Å². The zero-order valence-corrected chi connectivity index (χ0v) is 6.69. The minimum Gasteiger partial charge on any atom is -0.394 e. The zero-order chi connectivity index (χ0) is 8.10. The number of hydrogen-bond acceptors (Lipinski definition) is 4. The molecule has 0 aromatic heterocycles. The van der Waals surface area contributed by atoms with Crippen molar-refractivity contribution >= 4 is 12.1 Å². The summed E-state index contributed by atoms with van der Waals surface area (Å²) in [6.45, 7) is 3.53. The molecule has 1 rings (SSSR count). The molecule has 0 spiro atoms. The summed E-state index contributed by atoms with van der Waals surface area (Å²) in [5, 5.41) is 14.6. The normalized spacial score (nSPS) is 18.0. The molecule has 0 saturated carbocycles. The van der Waals surface area contributed by atoms with Crippen LogP contribution in [-0.4, -0.2) is 41.9 Å². The van der Waals surface area contributed by atoms with Crippen molar-refractivity contribution in [2.45, 2.75) is 13.3 Å². The third-order valence-corrected chi connectivity index (χ3v) is 1.49. The molecule has 1 aliphatic heterocycles. The highest BCUT2D eigenvalue weighted by Crippen LogP contribution is 2.05. The van der Waals surface area contributed by atoms with E-state index in [9.17, 15) is 0 Å². The SMILES string of the molecule is CC=NC1=NN(CCO)CC1. The van der Waals surface area contributed by atoms with Gasteiger partial charge in [0.1, 0.15) is 5.84 Å². The first-order chi connectivity index (χ1) is 5.36. The van der Waals surface area contributed by atoms with Crippen LogP contribution >= 0.6 is 0 Å². The lowest BCUT2D eigenvalue weighted by atomic mass is 10.4. The van der Waals surface area contributed by atoms with Crippen molar-refractivity contribution in [1.82, 2.24) is 5.01 Å². The van der Waals surface area contributed by atoms with Crippen LogP contribution in [0.2, 0.25) is 0 Å². The van der Waals surface area contributed by atoms with Crippen LogP contribution in [0, 0.1) is 0 Å². The first kappa shape index (κ1) is 8.20. The summed E-state index contributed by atoms with van der Waals surface area (Å²) in [4.78, 5) is 4.06. The van der Waals surface area contributed by atoms with E-state index < -0.39 is 0 Å². The molecular weight excluding hydrogens is 142 g/mol. The number of rotatable bonds is 2. The molecule has 0 radical (unpaired) electrons. The zero-order valence-electron chi connectivity index (χ0n) is 6.69. The van der Waals surface area contributed by atoms with Crippen LogP contribution in [0.25, 0.3) is 0 Å². The Hall–Kier alpha value is -0.900. The van der Waals surface area contributed by atoms with E-state index in [1.807, 2.05) is 11.9 Å². The molecule has 0 aromatic rings. The molecule has 0 atom stereocenters. The van der Waals surface area contributed by atoms with E-state index >= 15 is 0 Å². The fraction of sp³-hybridized carbons (Fsp3) is 0.714. The minimum atomic E-state index is 0.159. The van der Waals surface area contributed by atoms with Crippen molar-refractivity contribution < 1.29 is 5.11 Å². The van der Waals surface area contributed by atoms with Crippen LogP contribution in [0.4, 0.5) is 0 Å². The largest absolute Gasteiger partial charge is 0.394 e. The summed E-state index contributed by atoms with van der Waals surface area (Å²) in [6.07, 6.45) is 2.63. The van der Waals surface area contributed by atoms with Crippen LogP contribution in [0.3, 0.4) is 0 Å². The molecule has 1 aliphatic rings. The van der Waals surface area contributed by atoms with E-state index in [1.165, 1.54) is 0 Å². The van der Waals surface area contributed by atoms with Gasteiger partial charge in [0.15, 0.2) is 0 Å². The van der Waals surface area contributed by atoms with Crippen LogP contribution in [0.5, 0.6) is 0 Å². The van der Waals surface area contributed by atoms with Gasteiger partial charge in [0.05, 0.1) is 13.2 Å². The van der Waals surface area contributed by atoms with E-state index in [1.54, 1.807) is 6.21 Å². The Bertz CT molecular complexity index is 177. The van der Waals surface area contributed by atoms with Gasteiger partial charge in [-0.05, 0) is 6.92 Å². The van der Waals surface area contributed by atoms with Crippen molar-refractivity contribution in [3.63, 3.8) is 0 Å². The van der Waals surface area contributed by atoms with Crippen molar-refractivity contribution in [2.24, 2.45) is 10.1 Å². The van der Waals surface area contributed by atoms with Gasteiger partial charge in [-0.15, -0.1) is 0 Å². The molecule has 0 unspecified atom stereocenters. The van der Waals surface area contributed by atoms with Crippen LogP contribution in [-0.2, 0) is 0 Å². The number of β-amino-alcohol motifs (C(OH)–C–C–N with tert-alkyl or cyclic N) is 1. The van der Waals surface area contributed by atoms with Gasteiger partial charge in [0.2, 0.25) is 0 Å². The summed E-state index contributed by atoms with van der Waals surface area (Å²) in [6, 6.07) is 0. The van der Waals surface area contributed by atoms with E-state index in [2.05, 4.69) is 10.1 Å². The molecule has 1 heterocycles. The van der Waals surface area contributed by atoms with Gasteiger partial charge >= 0.3 is 0 Å². The molecule has 0 bridgehead atoms. The summed E-state index contributed by atoms with van der Waals surface area (Å²) in [5.41, 5.74) is 0. The fourth-order valence-corrected chi connectivity index (χ4v) is 1.01. The summed E-state index contributed by atoms with van der Waals surface area (Å²) in [5.74, 6) is 0.862. The van der Waals surface area contributed by atoms with Gasteiger partial charge in [-0.2, -0.15) is 5.10 Å². The number of aliphatic hydroxyl groups excluding tert-OH is 1. The lowest BCUT2D eigenvalue weighted by Gasteiger charge is -2.09. The maximum atomic E-state index is 8.59. The molecule has 4 nitrogen and oxygen atoms in total. The smallest absolute Gasteiger partial charge is 0.149 e. The van der Waals surface area contributed by atoms with E-state index in [4.69, 9.17) is 5.11 Å². The Morgan fingerprint density at radius 2 is 2.64 bits per heavy atom. The van der Waals surface area contributed by atoms with Gasteiger partial charge in [-0.1, -0.05) is 0 Å². The van der Waals surface area contributed by atoms with Crippen LogP contribution in [0.15, 0.2) is 10.1 Å². The average molecular weight is 155 g/mol. The monoisotopic (exact) mass is 155 g/mol. The highest BCUT2D eigenvalue weighted by molar-refractivity contribution is 5.89. The average Bonchev–Trinajstić information content (AvgIpc) is 2.38. The molecule has 1 N–H and O–H groups in total. The van der Waals surface area contributed by atoms with Crippen LogP contribution < -0.4 is 0 Å². The Labute approximate surface area is 66.2 Å². The van der Waals surface area contributed by atoms with Crippen molar-refractivity contribution in [2.75, 3.05) is 19.7 Å². The second-order valence-corrected chi connectivity index (χ2v) is 2.33. The van der Waals surface area contributed by atoms with Crippen molar-refractivity contribution in [1.29, 1.82) is 0 Å². The predicted molar refractivity (Wildman–Crippen MR) is 44.9 cm³/mol. The molecule has 0 amide bonds. The fourth-order valence-electron chi connectivity index (χ4n) is 1.01. The van der Waals surface area contributed by atoms with Gasteiger partial charge in [0.25, 0.3) is 0 Å². The number of nitrogens with zero attached hydrogens (tertiary/aromatic N) is 3. The second kappa shape index (κ2) is 4.08. The van der Waals surface area contributed by atoms with Crippen LogP contribution in [0.1, 0.15) is 13.3 Å². The topological polar surface area (TPSA) is 48.2 Å². The molecule has 0 saturated heterocycles. The quantitative estimate of drug-likeness (QED) is 0.574. The number of amidine groups is 1. The lowest BCUT2D eigenvalue weighted by Crippen LogP contribution is -2.17. The Kier molecular flexibility index (Phi) is 3.04. The van der Waals surface area contributed by atoms with Gasteiger partial charge in [-0.3, -0.25) is 5.01 Å². The Morgan fingerprint density at radius 1 is 1.82 bits per heavy atom. The molecule has 0 fully saturated rings. The highest BCUT2D eigenvalue weighted by Gasteiger charge is 2.11. The van der Waals surface area contributed by atoms with E-state index in [0.717, 1.165) is 18.8 Å². The predicted octanol–water partition coefficient (Wildman–Crippen LogP) is 0.0886. The molecule has 0 aliphatic carbocycles. The van der Waals surface area contributed by atoms with Crippen molar-refractivity contribution in [3.8, 4) is 0 Å². The van der Waals surface area contributed by atoms with Crippen molar-refractivity contribution in [3.05, 3.63) is 0 Å². The van der Waals surface area contributed by atoms with Gasteiger partial charge < -0.3 is 5.11 Å². The first-order valence-corrected chi connectivity index (χ1v) is 3.78. The Balaban J connectivity index is 2.40. The minimum absolute atomic E-state index is 0.159. The molecule has 11 heavy (non-hydrogen) atoms. The Morgan fingerprint density at radius 3 is 3.27 bits per heavy atom.